The molecule has 0 aliphatic carbocycles. The Labute approximate surface area is 153 Å². The minimum atomic E-state index is -0.447. The molecule has 2 aromatic carbocycles. The number of carbonyl (C=O) groups is 1. The largest absolute Gasteiger partial charge is 0.373 e. The van der Waals surface area contributed by atoms with E-state index in [1.54, 1.807) is 6.07 Å². The van der Waals surface area contributed by atoms with E-state index in [1.807, 2.05) is 25.1 Å². The van der Waals surface area contributed by atoms with E-state index < -0.39 is 6.04 Å². The van der Waals surface area contributed by atoms with Crippen molar-refractivity contribution in [3.8, 4) is 0 Å². The summed E-state index contributed by atoms with van der Waals surface area (Å²) in [7, 11) is 0. The van der Waals surface area contributed by atoms with Crippen molar-refractivity contribution in [1.82, 2.24) is 5.32 Å². The van der Waals surface area contributed by atoms with Gasteiger partial charge in [0.2, 0.25) is 5.91 Å². The lowest BCUT2D eigenvalue weighted by Gasteiger charge is -2.24. The van der Waals surface area contributed by atoms with E-state index in [9.17, 15) is 9.18 Å². The molecule has 5 heteroatoms. The minimum Gasteiger partial charge on any atom is -0.373 e. The van der Waals surface area contributed by atoms with Crippen molar-refractivity contribution in [2.75, 3.05) is 17.2 Å². The molecule has 0 spiro atoms. The van der Waals surface area contributed by atoms with Gasteiger partial charge in [-0.25, -0.2) is 4.39 Å². The molecule has 136 valence electrons. The number of carbonyl (C=O) groups excluding carboxylic acids is 1. The van der Waals surface area contributed by atoms with Crippen molar-refractivity contribution in [2.45, 2.75) is 44.7 Å². The minimum absolute atomic E-state index is 0.131. The lowest BCUT2D eigenvalue weighted by atomic mass is 9.97. The molecule has 2 aromatic rings. The number of benzene rings is 2. The predicted octanol–water partition coefficient (Wildman–Crippen LogP) is 3.92. The van der Waals surface area contributed by atoms with Crippen molar-refractivity contribution in [2.24, 2.45) is 0 Å². The van der Waals surface area contributed by atoms with Gasteiger partial charge >= 0.3 is 0 Å². The first-order chi connectivity index (χ1) is 12.6. The summed E-state index contributed by atoms with van der Waals surface area (Å²) >= 11 is 0. The van der Waals surface area contributed by atoms with Crippen LogP contribution in [0.5, 0.6) is 0 Å². The Hall–Kier alpha value is -2.40. The monoisotopic (exact) mass is 353 g/mol. The topological polar surface area (TPSA) is 53.2 Å². The number of hydrogen-bond donors (Lipinski definition) is 3. The number of anilines is 2. The number of hydrogen-bond acceptors (Lipinski definition) is 3. The van der Waals surface area contributed by atoms with Gasteiger partial charge in [0.25, 0.3) is 0 Å². The molecule has 2 unspecified atom stereocenters. The maximum atomic E-state index is 14.0. The molecule has 0 aromatic heterocycles. The molecule has 0 radical (unpaired) electrons. The second kappa shape index (κ2) is 7.08. The van der Waals surface area contributed by atoms with E-state index in [2.05, 4.69) is 22.0 Å². The van der Waals surface area contributed by atoms with E-state index in [4.69, 9.17) is 0 Å². The zero-order valence-corrected chi connectivity index (χ0v) is 14.9. The highest BCUT2D eigenvalue weighted by Crippen LogP contribution is 2.32. The van der Waals surface area contributed by atoms with Crippen LogP contribution >= 0.6 is 0 Å². The third-order valence-electron chi connectivity index (χ3n) is 5.37. The second-order valence-corrected chi connectivity index (χ2v) is 7.24. The fourth-order valence-corrected chi connectivity index (χ4v) is 3.93. The van der Waals surface area contributed by atoms with Gasteiger partial charge < -0.3 is 16.0 Å². The maximum Gasteiger partial charge on any atom is 0.247 e. The summed E-state index contributed by atoms with van der Waals surface area (Å²) in [6, 6.07) is 11.1. The Morgan fingerprint density at radius 1 is 1.23 bits per heavy atom. The van der Waals surface area contributed by atoms with Gasteiger partial charge in [0.15, 0.2) is 0 Å². The van der Waals surface area contributed by atoms with E-state index in [0.717, 1.165) is 29.9 Å². The van der Waals surface area contributed by atoms with Gasteiger partial charge in [-0.1, -0.05) is 24.6 Å². The maximum absolute atomic E-state index is 14.0. The first-order valence-electron chi connectivity index (χ1n) is 9.30. The van der Waals surface area contributed by atoms with Crippen LogP contribution in [0.2, 0.25) is 0 Å². The van der Waals surface area contributed by atoms with Gasteiger partial charge in [0.1, 0.15) is 11.9 Å². The van der Waals surface area contributed by atoms with Crippen LogP contribution in [0.1, 0.15) is 42.0 Å². The second-order valence-electron chi connectivity index (χ2n) is 7.24. The van der Waals surface area contributed by atoms with Crippen molar-refractivity contribution in [3.63, 3.8) is 0 Å². The first kappa shape index (κ1) is 17.0. The highest BCUT2D eigenvalue weighted by molar-refractivity contribution is 5.98. The molecule has 0 bridgehead atoms. The lowest BCUT2D eigenvalue weighted by Crippen LogP contribution is -2.33. The fourth-order valence-electron chi connectivity index (χ4n) is 3.93. The Morgan fingerprint density at radius 3 is 2.88 bits per heavy atom. The third kappa shape index (κ3) is 3.31. The zero-order chi connectivity index (χ0) is 18.1. The first-order valence-corrected chi connectivity index (χ1v) is 9.30. The van der Waals surface area contributed by atoms with Gasteiger partial charge in [0.05, 0.1) is 0 Å². The van der Waals surface area contributed by atoms with Gasteiger partial charge in [-0.05, 0) is 55.6 Å². The van der Waals surface area contributed by atoms with Crippen LogP contribution in [0.3, 0.4) is 0 Å². The number of amides is 1. The van der Waals surface area contributed by atoms with Gasteiger partial charge in [-0.2, -0.15) is 0 Å². The van der Waals surface area contributed by atoms with Crippen molar-refractivity contribution >= 4 is 17.3 Å². The number of halogens is 1. The molecule has 2 aliphatic rings. The van der Waals surface area contributed by atoms with Gasteiger partial charge in [-0.3, -0.25) is 4.79 Å². The summed E-state index contributed by atoms with van der Waals surface area (Å²) in [5.41, 5.74) is 4.31. The Morgan fingerprint density at radius 2 is 2.12 bits per heavy atom. The molecule has 1 fully saturated rings. The Bertz CT molecular complexity index is 799. The smallest absolute Gasteiger partial charge is 0.247 e. The van der Waals surface area contributed by atoms with E-state index in [1.165, 1.54) is 24.5 Å². The summed E-state index contributed by atoms with van der Waals surface area (Å²) in [5.74, 6) is -0.382. The molecule has 3 N–H and O–H groups in total. The SMILES string of the molecule is Cc1ccc(F)c2c1NC(C(=O)Nc1cccc(C3CCCCN3)c1)C2. The van der Waals surface area contributed by atoms with Gasteiger partial charge in [0, 0.05) is 29.4 Å². The fraction of sp³-hybridized carbons (Fsp3) is 0.381. The van der Waals surface area contributed by atoms with Crippen LogP contribution in [-0.2, 0) is 11.2 Å². The summed E-state index contributed by atoms with van der Waals surface area (Å²) < 4.78 is 14.0. The number of fused-ring (bicyclic) bond motifs is 1. The normalized spacial score (nSPS) is 21.8. The van der Waals surface area contributed by atoms with E-state index in [0.29, 0.717) is 18.0 Å². The van der Waals surface area contributed by atoms with E-state index in [-0.39, 0.29) is 11.7 Å². The summed E-state index contributed by atoms with van der Waals surface area (Å²) in [6.45, 7) is 2.96. The predicted molar refractivity (Wildman–Crippen MR) is 102 cm³/mol. The van der Waals surface area contributed by atoms with Gasteiger partial charge in [-0.15, -0.1) is 0 Å². The highest BCUT2D eigenvalue weighted by atomic mass is 19.1. The quantitative estimate of drug-likeness (QED) is 0.784. The van der Waals surface area contributed by atoms with Crippen LogP contribution in [0.15, 0.2) is 36.4 Å². The van der Waals surface area contributed by atoms with Crippen LogP contribution in [0.25, 0.3) is 0 Å². The Balaban J connectivity index is 1.46. The molecule has 4 rings (SSSR count). The molecule has 2 heterocycles. The molecule has 1 saturated heterocycles. The summed E-state index contributed by atoms with van der Waals surface area (Å²) in [5, 5.41) is 9.69. The number of rotatable bonds is 3. The molecule has 0 saturated carbocycles. The number of piperidine rings is 1. The lowest BCUT2D eigenvalue weighted by molar-refractivity contribution is -0.116. The number of nitrogens with one attached hydrogen (secondary N) is 3. The van der Waals surface area contributed by atoms with Crippen molar-refractivity contribution < 1.29 is 9.18 Å². The average molecular weight is 353 g/mol. The summed E-state index contributed by atoms with van der Waals surface area (Å²) in [4.78, 5) is 12.7. The van der Waals surface area contributed by atoms with Crippen molar-refractivity contribution in [1.29, 1.82) is 0 Å². The highest BCUT2D eigenvalue weighted by Gasteiger charge is 2.30. The van der Waals surface area contributed by atoms with Crippen molar-refractivity contribution in [3.05, 3.63) is 58.9 Å². The number of aryl methyl sites for hydroxylation is 1. The molecule has 1 amide bonds. The molecule has 26 heavy (non-hydrogen) atoms. The summed E-state index contributed by atoms with van der Waals surface area (Å²) in [6.07, 6.45) is 3.94. The van der Waals surface area contributed by atoms with Crippen LogP contribution in [-0.4, -0.2) is 18.5 Å². The van der Waals surface area contributed by atoms with Crippen LogP contribution < -0.4 is 16.0 Å². The molecular formula is C21H24FN3O. The standard InChI is InChI=1S/C21H24FN3O/c1-13-8-9-17(22)16-12-19(25-20(13)16)21(26)24-15-6-4-5-14(11-15)18-7-2-3-10-23-18/h4-6,8-9,11,18-19,23,25H,2-3,7,10,12H2,1H3,(H,24,26). The third-order valence-corrected chi connectivity index (χ3v) is 5.37. The Kier molecular flexibility index (Phi) is 4.64. The average Bonchev–Trinajstić information content (AvgIpc) is 3.13. The van der Waals surface area contributed by atoms with Crippen LogP contribution in [0, 0.1) is 12.7 Å². The molecular weight excluding hydrogens is 329 g/mol. The molecule has 2 aliphatic heterocycles. The van der Waals surface area contributed by atoms with E-state index >= 15 is 0 Å². The zero-order valence-electron chi connectivity index (χ0n) is 14.9. The molecule has 2 atom stereocenters. The van der Waals surface area contributed by atoms with Crippen LogP contribution in [0.4, 0.5) is 15.8 Å². The molecule has 4 nitrogen and oxygen atoms in total.